The molecule has 0 aliphatic carbocycles. The molecule has 0 unspecified atom stereocenters. The number of morpholine rings is 1. The predicted octanol–water partition coefficient (Wildman–Crippen LogP) is 3.78. The number of hydrogen-bond donors (Lipinski definition) is 0. The molecule has 3 heteroatoms. The van der Waals surface area contributed by atoms with E-state index in [1.54, 1.807) is 0 Å². The molecule has 2 rings (SSSR count). The minimum absolute atomic E-state index is 0.184. The molecule has 2 atom stereocenters. The van der Waals surface area contributed by atoms with Crippen LogP contribution in [0.4, 0.5) is 0 Å². The third-order valence-electron chi connectivity index (χ3n) is 4.20. The van der Waals surface area contributed by atoms with Crippen molar-refractivity contribution in [3.8, 4) is 5.75 Å². The first-order chi connectivity index (χ1) is 10.3. The van der Waals surface area contributed by atoms with Gasteiger partial charge in [0.05, 0.1) is 12.2 Å². The Balaban J connectivity index is 1.87. The van der Waals surface area contributed by atoms with Crippen molar-refractivity contribution in [3.05, 3.63) is 29.3 Å². The summed E-state index contributed by atoms with van der Waals surface area (Å²) in [4.78, 5) is 2.43. The van der Waals surface area contributed by atoms with Gasteiger partial charge >= 0.3 is 0 Å². The quantitative estimate of drug-likeness (QED) is 0.845. The van der Waals surface area contributed by atoms with Gasteiger partial charge in [-0.1, -0.05) is 32.9 Å². The molecule has 1 fully saturated rings. The number of hydrogen-bond acceptors (Lipinski definition) is 3. The molecule has 1 aliphatic rings. The van der Waals surface area contributed by atoms with E-state index in [4.69, 9.17) is 9.47 Å². The normalized spacial score (nSPS) is 23.5. The van der Waals surface area contributed by atoms with Crippen LogP contribution >= 0.6 is 0 Å². The molecule has 124 valence electrons. The Hall–Kier alpha value is -1.06. The van der Waals surface area contributed by atoms with Crippen molar-refractivity contribution >= 4 is 0 Å². The smallest absolute Gasteiger partial charge is 0.122 e. The Bertz CT molecular complexity index is 483. The number of benzene rings is 1. The second-order valence-corrected chi connectivity index (χ2v) is 7.60. The van der Waals surface area contributed by atoms with E-state index in [0.29, 0.717) is 12.2 Å². The van der Waals surface area contributed by atoms with Gasteiger partial charge < -0.3 is 9.47 Å². The maximum Gasteiger partial charge on any atom is 0.122 e. The van der Waals surface area contributed by atoms with Gasteiger partial charge in [-0.2, -0.15) is 0 Å². The van der Waals surface area contributed by atoms with Gasteiger partial charge in [-0.15, -0.1) is 0 Å². The second kappa shape index (κ2) is 7.01. The fourth-order valence-electron chi connectivity index (χ4n) is 3.03. The van der Waals surface area contributed by atoms with Gasteiger partial charge in [0.1, 0.15) is 12.4 Å². The highest BCUT2D eigenvalue weighted by Crippen LogP contribution is 2.27. The summed E-state index contributed by atoms with van der Waals surface area (Å²) in [5, 5.41) is 0. The summed E-state index contributed by atoms with van der Waals surface area (Å²) < 4.78 is 11.8. The fourth-order valence-corrected chi connectivity index (χ4v) is 3.03. The highest BCUT2D eigenvalue weighted by Gasteiger charge is 2.21. The molecule has 22 heavy (non-hydrogen) atoms. The van der Waals surface area contributed by atoms with E-state index in [9.17, 15) is 0 Å². The Morgan fingerprint density at radius 1 is 1.18 bits per heavy atom. The molecule has 1 saturated heterocycles. The van der Waals surface area contributed by atoms with Crippen LogP contribution in [-0.2, 0) is 10.2 Å². The molecule has 0 N–H and O–H groups in total. The van der Waals surface area contributed by atoms with Crippen LogP contribution in [0, 0.1) is 6.92 Å². The number of nitrogens with zero attached hydrogens (tertiary/aromatic N) is 1. The van der Waals surface area contributed by atoms with Gasteiger partial charge in [0.25, 0.3) is 0 Å². The zero-order valence-electron chi connectivity index (χ0n) is 15.0. The van der Waals surface area contributed by atoms with Gasteiger partial charge in [-0.3, -0.25) is 4.90 Å². The Morgan fingerprint density at radius 3 is 2.36 bits per heavy atom. The number of aryl methyl sites for hydroxylation is 1. The van der Waals surface area contributed by atoms with Crippen molar-refractivity contribution < 1.29 is 9.47 Å². The van der Waals surface area contributed by atoms with Crippen LogP contribution in [0.1, 0.15) is 45.7 Å². The van der Waals surface area contributed by atoms with Gasteiger partial charge in [-0.25, -0.2) is 0 Å². The highest BCUT2D eigenvalue weighted by molar-refractivity contribution is 5.38. The number of ether oxygens (including phenoxy) is 2. The molecular weight excluding hydrogens is 274 g/mol. The first-order valence-corrected chi connectivity index (χ1v) is 8.37. The molecule has 1 heterocycles. The van der Waals surface area contributed by atoms with Gasteiger partial charge in [0.2, 0.25) is 0 Å². The third-order valence-corrected chi connectivity index (χ3v) is 4.20. The van der Waals surface area contributed by atoms with Gasteiger partial charge in [-0.05, 0) is 43.4 Å². The molecule has 0 amide bonds. The summed E-state index contributed by atoms with van der Waals surface area (Å²) in [5.74, 6) is 1.00. The molecule has 1 aliphatic heterocycles. The average Bonchev–Trinajstić information content (AvgIpc) is 2.38. The fraction of sp³-hybridized carbons (Fsp3) is 0.684. The Kier molecular flexibility index (Phi) is 5.51. The van der Waals surface area contributed by atoms with Crippen molar-refractivity contribution in [2.45, 2.75) is 59.2 Å². The van der Waals surface area contributed by atoms with Crippen LogP contribution in [0.3, 0.4) is 0 Å². The number of rotatable bonds is 4. The maximum absolute atomic E-state index is 6.00. The van der Waals surface area contributed by atoms with E-state index in [1.165, 1.54) is 11.1 Å². The molecule has 0 aromatic heterocycles. The summed E-state index contributed by atoms with van der Waals surface area (Å²) >= 11 is 0. The summed E-state index contributed by atoms with van der Waals surface area (Å²) in [7, 11) is 0. The Morgan fingerprint density at radius 2 is 1.82 bits per heavy atom. The van der Waals surface area contributed by atoms with Crippen LogP contribution < -0.4 is 4.74 Å². The lowest BCUT2D eigenvalue weighted by atomic mass is 9.86. The van der Waals surface area contributed by atoms with Crippen LogP contribution in [0.15, 0.2) is 18.2 Å². The first-order valence-electron chi connectivity index (χ1n) is 8.37. The minimum Gasteiger partial charge on any atom is -0.492 e. The van der Waals surface area contributed by atoms with Crippen LogP contribution in [-0.4, -0.2) is 43.3 Å². The van der Waals surface area contributed by atoms with Crippen LogP contribution in [0.2, 0.25) is 0 Å². The molecular formula is C19H31NO2. The topological polar surface area (TPSA) is 21.7 Å². The molecule has 0 bridgehead atoms. The molecule has 1 aromatic carbocycles. The van der Waals surface area contributed by atoms with E-state index in [1.807, 2.05) is 0 Å². The zero-order valence-corrected chi connectivity index (χ0v) is 15.0. The first kappa shape index (κ1) is 17.3. The largest absolute Gasteiger partial charge is 0.492 e. The van der Waals surface area contributed by atoms with Crippen molar-refractivity contribution in [3.63, 3.8) is 0 Å². The molecule has 1 aromatic rings. The maximum atomic E-state index is 6.00. The second-order valence-electron chi connectivity index (χ2n) is 7.60. The van der Waals surface area contributed by atoms with Crippen molar-refractivity contribution in [2.75, 3.05) is 26.2 Å². The van der Waals surface area contributed by atoms with Crippen molar-refractivity contribution in [1.82, 2.24) is 4.90 Å². The van der Waals surface area contributed by atoms with Gasteiger partial charge in [0.15, 0.2) is 0 Å². The zero-order chi connectivity index (χ0) is 16.3. The highest BCUT2D eigenvalue weighted by atomic mass is 16.5. The predicted molar refractivity (Wildman–Crippen MR) is 91.8 cm³/mol. The lowest BCUT2D eigenvalue weighted by molar-refractivity contribution is -0.0699. The minimum atomic E-state index is 0.184. The lowest BCUT2D eigenvalue weighted by Crippen LogP contribution is -2.46. The lowest BCUT2D eigenvalue weighted by Gasteiger charge is -2.35. The van der Waals surface area contributed by atoms with E-state index in [2.05, 4.69) is 64.6 Å². The van der Waals surface area contributed by atoms with E-state index in [0.717, 1.165) is 32.0 Å². The van der Waals surface area contributed by atoms with Gasteiger partial charge in [0, 0.05) is 19.6 Å². The third kappa shape index (κ3) is 4.72. The summed E-state index contributed by atoms with van der Waals surface area (Å²) in [6.45, 7) is 16.8. The molecule has 0 spiro atoms. The van der Waals surface area contributed by atoms with Crippen LogP contribution in [0.25, 0.3) is 0 Å². The van der Waals surface area contributed by atoms with Crippen molar-refractivity contribution in [1.29, 1.82) is 0 Å². The average molecular weight is 305 g/mol. The van der Waals surface area contributed by atoms with Crippen molar-refractivity contribution in [2.24, 2.45) is 0 Å². The van der Waals surface area contributed by atoms with E-state index in [-0.39, 0.29) is 5.41 Å². The summed E-state index contributed by atoms with van der Waals surface area (Å²) in [6, 6.07) is 6.54. The monoisotopic (exact) mass is 305 g/mol. The molecule has 3 nitrogen and oxygen atoms in total. The van der Waals surface area contributed by atoms with E-state index >= 15 is 0 Å². The molecule has 0 radical (unpaired) electrons. The SMILES string of the molecule is Cc1cc(C(C)(C)C)ccc1OCCN1C[C@H](C)O[C@@H](C)C1. The molecule has 0 saturated carbocycles. The standard InChI is InChI=1S/C19H31NO2/c1-14-11-17(19(4,5)6)7-8-18(14)21-10-9-20-12-15(2)22-16(3)13-20/h7-8,11,15-16H,9-10,12-13H2,1-6H3/t15-,16-/m0/s1. The van der Waals surface area contributed by atoms with E-state index < -0.39 is 0 Å². The summed E-state index contributed by atoms with van der Waals surface area (Å²) in [6.07, 6.45) is 0.633. The Labute approximate surface area is 135 Å². The summed E-state index contributed by atoms with van der Waals surface area (Å²) in [5.41, 5.74) is 2.76. The van der Waals surface area contributed by atoms with Crippen LogP contribution in [0.5, 0.6) is 5.75 Å².